The molecule has 5 nitrogen and oxygen atoms in total. The molecule has 0 saturated carbocycles. The molecule has 1 amide bonds. The average Bonchev–Trinajstić information content (AvgIpc) is 3.14. The van der Waals surface area contributed by atoms with E-state index in [-0.39, 0.29) is 5.69 Å². The van der Waals surface area contributed by atoms with Gasteiger partial charge in [0.1, 0.15) is 5.75 Å². The molecular weight excluding hydrogens is 395 g/mol. The number of hydrogen-bond acceptors (Lipinski definition) is 3. The molecule has 8 heteroatoms. The largest absolute Gasteiger partial charge is 0.491 e. The summed E-state index contributed by atoms with van der Waals surface area (Å²) in [5, 5.41) is 6.37. The zero-order valence-electron chi connectivity index (χ0n) is 16.9. The van der Waals surface area contributed by atoms with Gasteiger partial charge in [-0.05, 0) is 50.1 Å². The third kappa shape index (κ3) is 4.64. The summed E-state index contributed by atoms with van der Waals surface area (Å²) in [5.74, 6) is -0.504. The van der Waals surface area contributed by atoms with E-state index in [0.29, 0.717) is 18.0 Å². The first-order valence-electron chi connectivity index (χ1n) is 9.47. The zero-order chi connectivity index (χ0) is 21.9. The highest BCUT2D eigenvalue weighted by Gasteiger charge is 2.40. The number of carbonyl (C=O) groups is 1. The van der Waals surface area contributed by atoms with Gasteiger partial charge in [0.05, 0.1) is 29.7 Å². The zero-order valence-corrected chi connectivity index (χ0v) is 16.9. The molecule has 0 aliphatic rings. The number of nitrogens with one attached hydrogen (secondary N) is 1. The van der Waals surface area contributed by atoms with Crippen LogP contribution in [0.2, 0.25) is 0 Å². The minimum atomic E-state index is -4.77. The second-order valence-electron chi connectivity index (χ2n) is 6.95. The number of alkyl halides is 3. The van der Waals surface area contributed by atoms with Crippen LogP contribution in [0.15, 0.2) is 48.7 Å². The number of ether oxygens (including phenoxy) is 1. The summed E-state index contributed by atoms with van der Waals surface area (Å²) in [6.45, 7) is 6.04. The van der Waals surface area contributed by atoms with Gasteiger partial charge in [0.25, 0.3) is 5.91 Å². The third-order valence-electron chi connectivity index (χ3n) is 4.41. The SMILES string of the molecule is CCCOc1cc(C)ccc1NC(=O)c1cnn(-c2ccc(C)cc2)c1C(F)(F)F. The minimum absolute atomic E-state index is 0.217. The summed E-state index contributed by atoms with van der Waals surface area (Å²) in [6.07, 6.45) is -3.09. The highest BCUT2D eigenvalue weighted by atomic mass is 19.4. The van der Waals surface area contributed by atoms with Crippen LogP contribution in [-0.4, -0.2) is 22.3 Å². The van der Waals surface area contributed by atoms with Crippen LogP contribution in [-0.2, 0) is 6.18 Å². The summed E-state index contributed by atoms with van der Waals surface area (Å²) >= 11 is 0. The van der Waals surface area contributed by atoms with E-state index in [2.05, 4.69) is 10.4 Å². The van der Waals surface area contributed by atoms with Crippen LogP contribution in [0.1, 0.15) is 40.5 Å². The van der Waals surface area contributed by atoms with Gasteiger partial charge in [-0.3, -0.25) is 4.79 Å². The monoisotopic (exact) mass is 417 g/mol. The van der Waals surface area contributed by atoms with Gasteiger partial charge in [-0.15, -0.1) is 0 Å². The average molecular weight is 417 g/mol. The highest BCUT2D eigenvalue weighted by Crippen LogP contribution is 2.35. The number of amides is 1. The number of hydrogen-bond donors (Lipinski definition) is 1. The first-order valence-corrected chi connectivity index (χ1v) is 9.47. The van der Waals surface area contributed by atoms with Crippen LogP contribution in [0.5, 0.6) is 5.75 Å². The quantitative estimate of drug-likeness (QED) is 0.572. The first-order chi connectivity index (χ1) is 14.2. The van der Waals surface area contributed by atoms with Crippen molar-refractivity contribution in [1.82, 2.24) is 9.78 Å². The molecule has 0 fully saturated rings. The van der Waals surface area contributed by atoms with Crippen molar-refractivity contribution in [2.24, 2.45) is 0 Å². The second kappa shape index (κ2) is 8.61. The fourth-order valence-corrected chi connectivity index (χ4v) is 2.92. The topological polar surface area (TPSA) is 56.1 Å². The lowest BCUT2D eigenvalue weighted by Gasteiger charge is -2.15. The van der Waals surface area contributed by atoms with Crippen molar-refractivity contribution in [2.45, 2.75) is 33.4 Å². The predicted molar refractivity (Wildman–Crippen MR) is 108 cm³/mol. The van der Waals surface area contributed by atoms with Gasteiger partial charge in [-0.25, -0.2) is 4.68 Å². The predicted octanol–water partition coefficient (Wildman–Crippen LogP) is 5.55. The van der Waals surface area contributed by atoms with Crippen molar-refractivity contribution >= 4 is 11.6 Å². The molecule has 30 heavy (non-hydrogen) atoms. The molecule has 158 valence electrons. The van der Waals surface area contributed by atoms with Crippen molar-refractivity contribution in [1.29, 1.82) is 0 Å². The Hall–Kier alpha value is -3.29. The molecule has 0 unspecified atom stereocenters. The standard InChI is InChI=1S/C22H22F3N3O2/c1-4-11-30-19-12-15(3)7-10-18(19)27-21(29)17-13-26-28(20(17)22(23,24)25)16-8-5-14(2)6-9-16/h5-10,12-13H,4,11H2,1-3H3,(H,27,29). The van der Waals surface area contributed by atoms with Crippen LogP contribution < -0.4 is 10.1 Å². The molecule has 3 aromatic rings. The van der Waals surface area contributed by atoms with Crippen molar-refractivity contribution in [3.05, 3.63) is 71.0 Å². The van der Waals surface area contributed by atoms with E-state index in [1.807, 2.05) is 20.8 Å². The maximum Gasteiger partial charge on any atom is 0.434 e. The Morgan fingerprint density at radius 1 is 1.10 bits per heavy atom. The van der Waals surface area contributed by atoms with Crippen molar-refractivity contribution in [2.75, 3.05) is 11.9 Å². The van der Waals surface area contributed by atoms with Crippen LogP contribution in [0.4, 0.5) is 18.9 Å². The maximum absolute atomic E-state index is 13.8. The van der Waals surface area contributed by atoms with E-state index >= 15 is 0 Å². The fourth-order valence-electron chi connectivity index (χ4n) is 2.92. The molecule has 1 aromatic heterocycles. The van der Waals surface area contributed by atoms with Gasteiger partial charge in [-0.2, -0.15) is 18.3 Å². The van der Waals surface area contributed by atoms with Crippen LogP contribution in [0, 0.1) is 13.8 Å². The van der Waals surface area contributed by atoms with Crippen LogP contribution >= 0.6 is 0 Å². The molecule has 1 N–H and O–H groups in total. The van der Waals surface area contributed by atoms with Gasteiger partial charge < -0.3 is 10.1 Å². The number of rotatable bonds is 6. The number of aryl methyl sites for hydroxylation is 2. The number of halogens is 3. The number of nitrogens with zero attached hydrogens (tertiary/aromatic N) is 2. The lowest BCUT2D eigenvalue weighted by molar-refractivity contribution is -0.143. The Bertz CT molecular complexity index is 1040. The Labute approximate surface area is 172 Å². The summed E-state index contributed by atoms with van der Waals surface area (Å²) in [6, 6.07) is 11.5. The van der Waals surface area contributed by atoms with E-state index in [1.165, 1.54) is 12.1 Å². The highest BCUT2D eigenvalue weighted by molar-refractivity contribution is 6.06. The lowest BCUT2D eigenvalue weighted by Crippen LogP contribution is -2.21. The third-order valence-corrected chi connectivity index (χ3v) is 4.41. The molecule has 0 aliphatic heterocycles. The second-order valence-corrected chi connectivity index (χ2v) is 6.95. The Kier molecular flexibility index (Phi) is 6.14. The van der Waals surface area contributed by atoms with E-state index in [0.717, 1.165) is 28.4 Å². The number of anilines is 1. The van der Waals surface area contributed by atoms with Crippen LogP contribution in [0.3, 0.4) is 0 Å². The number of carbonyl (C=O) groups excluding carboxylic acids is 1. The summed E-state index contributed by atoms with van der Waals surface area (Å²) < 4.78 is 47.9. The first kappa shape index (κ1) is 21.4. The van der Waals surface area contributed by atoms with Gasteiger partial charge in [0.2, 0.25) is 0 Å². The number of aromatic nitrogens is 2. The normalized spacial score (nSPS) is 11.4. The van der Waals surface area contributed by atoms with E-state index in [4.69, 9.17) is 4.74 Å². The minimum Gasteiger partial charge on any atom is -0.491 e. The Morgan fingerprint density at radius 3 is 2.40 bits per heavy atom. The lowest BCUT2D eigenvalue weighted by atomic mass is 10.1. The fraction of sp³-hybridized carbons (Fsp3) is 0.273. The van der Waals surface area contributed by atoms with Gasteiger partial charge in [0, 0.05) is 0 Å². The molecule has 0 bridgehead atoms. The smallest absolute Gasteiger partial charge is 0.434 e. The summed E-state index contributed by atoms with van der Waals surface area (Å²) in [7, 11) is 0. The van der Waals surface area contributed by atoms with Gasteiger partial charge in [0.15, 0.2) is 5.69 Å². The molecule has 0 atom stereocenters. The Morgan fingerprint density at radius 2 is 1.77 bits per heavy atom. The maximum atomic E-state index is 13.8. The molecule has 0 aliphatic carbocycles. The van der Waals surface area contributed by atoms with E-state index in [1.54, 1.807) is 30.3 Å². The number of benzene rings is 2. The van der Waals surface area contributed by atoms with Crippen molar-refractivity contribution in [3.63, 3.8) is 0 Å². The van der Waals surface area contributed by atoms with Gasteiger partial charge in [-0.1, -0.05) is 30.7 Å². The summed E-state index contributed by atoms with van der Waals surface area (Å²) in [4.78, 5) is 12.8. The molecule has 3 rings (SSSR count). The Balaban J connectivity index is 1.98. The van der Waals surface area contributed by atoms with Crippen molar-refractivity contribution < 1.29 is 22.7 Å². The molecule has 0 radical (unpaired) electrons. The molecular formula is C22H22F3N3O2. The van der Waals surface area contributed by atoms with E-state index in [9.17, 15) is 18.0 Å². The molecule has 2 aromatic carbocycles. The van der Waals surface area contributed by atoms with Crippen LogP contribution in [0.25, 0.3) is 5.69 Å². The van der Waals surface area contributed by atoms with E-state index < -0.39 is 23.3 Å². The molecule has 0 spiro atoms. The molecule has 0 saturated heterocycles. The van der Waals surface area contributed by atoms with Crippen molar-refractivity contribution in [3.8, 4) is 11.4 Å². The van der Waals surface area contributed by atoms with Gasteiger partial charge >= 0.3 is 6.18 Å². The molecule has 1 heterocycles. The summed E-state index contributed by atoms with van der Waals surface area (Å²) in [5.41, 5.74) is 0.625.